The number of nitrogens with two attached hydrogens (primary N) is 3. The van der Waals surface area contributed by atoms with E-state index in [1.807, 2.05) is 11.4 Å². The molecule has 6 amide bonds. The molecule has 0 saturated carbocycles. The summed E-state index contributed by atoms with van der Waals surface area (Å²) in [6, 6.07) is 5.16. The first-order valence-corrected chi connectivity index (χ1v) is 24.7. The van der Waals surface area contributed by atoms with Gasteiger partial charge < -0.3 is 48.5 Å². The number of hydrogen-bond acceptors (Lipinski definition) is 12. The molecule has 2 aliphatic heterocycles. The molecule has 18 nitrogen and oxygen atoms in total. The summed E-state index contributed by atoms with van der Waals surface area (Å²) in [6.45, 7) is 3.53. The number of nitrogens with zero attached hydrogens (tertiary/aromatic N) is 2. The van der Waals surface area contributed by atoms with Crippen LogP contribution in [0.4, 0.5) is 0 Å². The van der Waals surface area contributed by atoms with Crippen LogP contribution in [-0.2, 0) is 51.2 Å². The van der Waals surface area contributed by atoms with Crippen molar-refractivity contribution in [2.75, 3.05) is 31.2 Å². The number of likely N-dealkylation sites (tertiary alicyclic amines) is 1. The number of ketones is 2. The maximum atomic E-state index is 14.5. The first-order valence-electron chi connectivity index (χ1n) is 22.3. The molecule has 7 atom stereocenters. The average molecular weight is 975 g/mol. The van der Waals surface area contributed by atoms with Gasteiger partial charge in [-0.2, -0.15) is 11.8 Å². The minimum absolute atomic E-state index is 0.0736. The highest BCUT2D eigenvalue weighted by molar-refractivity contribution is 7.99. The Balaban J connectivity index is 1.63. The second-order valence-electron chi connectivity index (χ2n) is 17.1. The van der Waals surface area contributed by atoms with E-state index < -0.39 is 102 Å². The molecule has 3 heterocycles. The number of thioether (sulfide) groups is 1. The van der Waals surface area contributed by atoms with Crippen LogP contribution in [0, 0.1) is 17.8 Å². The summed E-state index contributed by atoms with van der Waals surface area (Å²) in [5, 5.41) is 23.4. The lowest BCUT2D eigenvalue weighted by Gasteiger charge is -2.30. The highest BCUT2D eigenvalue weighted by atomic mass is 35.5. The molecule has 362 valence electrons. The number of Topliss-reactive ketones (excluding diaryl/α,β-unsaturated/α-hetero) is 2. The predicted octanol–water partition coefficient (Wildman–Crippen LogP) is 1.37. The molecule has 4 rings (SSSR count). The first kappa shape index (κ1) is 53.6. The largest absolute Gasteiger partial charge is 0.394 e. The summed E-state index contributed by atoms with van der Waals surface area (Å²) in [6.07, 6.45) is 1.08. The van der Waals surface area contributed by atoms with E-state index in [1.165, 1.54) is 28.0 Å². The molecule has 0 unspecified atom stereocenters. The van der Waals surface area contributed by atoms with Gasteiger partial charge in [-0.1, -0.05) is 43.6 Å². The third kappa shape index (κ3) is 17.3. The van der Waals surface area contributed by atoms with Gasteiger partial charge in [-0.3, -0.25) is 43.3 Å². The number of carbonyl (C=O) groups excluding carboxylic acids is 8. The standard InChI is InChI=1S/C45H64ClN9O9S2/c1-26(2)39-43(63)52-34(24-38(47)59)37(58)22-28(44(64)55-16-4-8-36(55)42(62)51-31(25-56)6-3-15-50-45(48)49)13-18-65-19-14-32(57)21-29(20-27-9-11-30(46)12-10-27)40(60)53-35(41(61)54-39)23-33-7-5-17-66-33/h5,7,9-12,17,26,28-29,31,34-36,39,56H,3-4,6,8,13-16,18-25H2,1-2H3,(H2,47,59)(H,51,62)(H,52,63)(H,53,60)(H,54,61)(H4,48,49,50)/t28-,29-,31-,34+,35+,36+,39+/m1/s1. The van der Waals surface area contributed by atoms with E-state index in [9.17, 15) is 43.5 Å². The lowest BCUT2D eigenvalue weighted by atomic mass is 9.92. The van der Waals surface area contributed by atoms with Gasteiger partial charge in [0.15, 0.2) is 11.7 Å². The molecular weight excluding hydrogens is 910 g/mol. The van der Waals surface area contributed by atoms with Crippen LogP contribution in [0.1, 0.15) is 82.1 Å². The Hall–Kier alpha value is -5.05. The van der Waals surface area contributed by atoms with Crippen LogP contribution in [-0.4, -0.2) is 124 Å². The fraction of sp³-hybridized carbons (Fsp3) is 0.578. The Morgan fingerprint density at radius 3 is 2.30 bits per heavy atom. The van der Waals surface area contributed by atoms with Crippen LogP contribution >= 0.6 is 34.7 Å². The Labute approximate surface area is 398 Å². The number of rotatable bonds is 15. The van der Waals surface area contributed by atoms with E-state index in [0.29, 0.717) is 48.8 Å². The minimum atomic E-state index is -1.46. The summed E-state index contributed by atoms with van der Waals surface area (Å²) in [5.41, 5.74) is 17.1. The number of guanidine groups is 1. The number of hydrogen-bond donors (Lipinski definition) is 8. The number of aliphatic imine (C=N–C) groups is 1. The number of nitrogens with one attached hydrogen (secondary N) is 4. The van der Waals surface area contributed by atoms with Gasteiger partial charge in [0.1, 0.15) is 23.9 Å². The molecule has 0 radical (unpaired) electrons. The third-order valence-corrected chi connectivity index (χ3v) is 13.7. The zero-order chi connectivity index (χ0) is 48.3. The number of amides is 6. The van der Waals surface area contributed by atoms with Crippen molar-refractivity contribution < 1.29 is 43.5 Å². The lowest BCUT2D eigenvalue weighted by molar-refractivity contribution is -0.143. The monoisotopic (exact) mass is 973 g/mol. The van der Waals surface area contributed by atoms with Gasteiger partial charge >= 0.3 is 0 Å². The summed E-state index contributed by atoms with van der Waals surface area (Å²) < 4.78 is 0. The molecule has 0 bridgehead atoms. The molecule has 11 N–H and O–H groups in total. The summed E-state index contributed by atoms with van der Waals surface area (Å²) in [7, 11) is 0. The quantitative estimate of drug-likeness (QED) is 0.0714. The Morgan fingerprint density at radius 1 is 0.924 bits per heavy atom. The van der Waals surface area contributed by atoms with Crippen LogP contribution in [0.5, 0.6) is 0 Å². The smallest absolute Gasteiger partial charge is 0.243 e. The number of thiophene rings is 1. The summed E-state index contributed by atoms with van der Waals surface area (Å²) in [4.78, 5) is 117. The summed E-state index contributed by atoms with van der Waals surface area (Å²) in [5.74, 6) is -6.48. The SMILES string of the molecule is CC(C)[C@@H]1NC(=O)[C@H](Cc2cccs2)NC(=O)[C@H](Cc2ccc(Cl)cc2)CC(=O)CCSCC[C@@H](C(=O)N2CCC[C@H]2C(=O)N[C@@H](CO)CCCN=C(N)N)CC(=O)[C@H](CC(N)=O)NC1=O. The molecule has 66 heavy (non-hydrogen) atoms. The van der Waals surface area contributed by atoms with Crippen molar-refractivity contribution in [3.8, 4) is 0 Å². The lowest BCUT2D eigenvalue weighted by Crippen LogP contribution is -2.58. The Morgan fingerprint density at radius 2 is 1.65 bits per heavy atom. The Bertz CT molecular complexity index is 2020. The highest BCUT2D eigenvalue weighted by Crippen LogP contribution is 2.26. The van der Waals surface area contributed by atoms with Crippen molar-refractivity contribution in [1.29, 1.82) is 0 Å². The molecule has 0 aliphatic carbocycles. The van der Waals surface area contributed by atoms with E-state index >= 15 is 0 Å². The van der Waals surface area contributed by atoms with Gasteiger partial charge in [-0.05, 0) is 79.3 Å². The number of primary amides is 1. The summed E-state index contributed by atoms with van der Waals surface area (Å²) >= 11 is 8.89. The predicted molar refractivity (Wildman–Crippen MR) is 254 cm³/mol. The van der Waals surface area contributed by atoms with Crippen LogP contribution in [0.25, 0.3) is 0 Å². The molecule has 2 fully saturated rings. The number of halogens is 1. The second-order valence-corrected chi connectivity index (χ2v) is 19.8. The van der Waals surface area contributed by atoms with E-state index in [2.05, 4.69) is 26.3 Å². The zero-order valence-corrected chi connectivity index (χ0v) is 39.9. The molecule has 1 aromatic carbocycles. The number of aliphatic hydroxyl groups excluding tert-OH is 1. The van der Waals surface area contributed by atoms with Crippen LogP contribution < -0.4 is 38.5 Å². The second kappa shape index (κ2) is 26.9. The average Bonchev–Trinajstić information content (AvgIpc) is 3.98. The normalized spacial score (nSPS) is 23.6. The maximum Gasteiger partial charge on any atom is 0.243 e. The number of carbonyl (C=O) groups is 8. The molecule has 2 aliphatic rings. The van der Waals surface area contributed by atoms with Crippen molar-refractivity contribution in [1.82, 2.24) is 26.2 Å². The number of aliphatic hydroxyl groups is 1. The van der Waals surface area contributed by atoms with Crippen molar-refractivity contribution in [2.24, 2.45) is 39.9 Å². The van der Waals surface area contributed by atoms with Crippen LogP contribution in [0.2, 0.25) is 5.02 Å². The topological polar surface area (TPSA) is 299 Å². The van der Waals surface area contributed by atoms with Gasteiger partial charge in [0, 0.05) is 66.3 Å². The van der Waals surface area contributed by atoms with E-state index in [0.717, 1.165) is 10.4 Å². The highest BCUT2D eigenvalue weighted by Gasteiger charge is 2.40. The van der Waals surface area contributed by atoms with Crippen LogP contribution in [0.3, 0.4) is 0 Å². The fourth-order valence-corrected chi connectivity index (χ4v) is 9.87. The molecule has 21 heteroatoms. The van der Waals surface area contributed by atoms with Gasteiger partial charge in [0.25, 0.3) is 0 Å². The van der Waals surface area contributed by atoms with Crippen molar-refractivity contribution >= 4 is 87.7 Å². The van der Waals surface area contributed by atoms with Crippen molar-refractivity contribution in [2.45, 2.75) is 115 Å². The van der Waals surface area contributed by atoms with E-state index in [-0.39, 0.29) is 57.0 Å². The Kier molecular flexibility index (Phi) is 21.9. The van der Waals surface area contributed by atoms with Crippen molar-refractivity contribution in [3.05, 3.63) is 57.2 Å². The van der Waals surface area contributed by atoms with Gasteiger partial charge in [-0.15, -0.1) is 11.3 Å². The minimum Gasteiger partial charge on any atom is -0.394 e. The zero-order valence-electron chi connectivity index (χ0n) is 37.5. The molecule has 2 saturated heterocycles. The van der Waals surface area contributed by atoms with Crippen molar-refractivity contribution in [3.63, 3.8) is 0 Å². The van der Waals surface area contributed by atoms with Gasteiger partial charge in [0.05, 0.1) is 25.1 Å². The first-order chi connectivity index (χ1) is 31.4. The van der Waals surface area contributed by atoms with E-state index in [4.69, 9.17) is 28.8 Å². The number of benzene rings is 1. The van der Waals surface area contributed by atoms with Gasteiger partial charge in [-0.25, -0.2) is 0 Å². The fourth-order valence-electron chi connectivity index (χ4n) is 7.97. The molecular formula is C45H64ClN9O9S2. The van der Waals surface area contributed by atoms with Crippen LogP contribution in [0.15, 0.2) is 46.8 Å². The molecule has 2 aromatic rings. The maximum absolute atomic E-state index is 14.5. The van der Waals surface area contributed by atoms with Gasteiger partial charge in [0.2, 0.25) is 35.4 Å². The molecule has 1 aromatic heterocycles. The third-order valence-electron chi connectivity index (χ3n) is 11.6. The van der Waals surface area contributed by atoms with E-state index in [1.54, 1.807) is 44.2 Å². The molecule has 0 spiro atoms.